The van der Waals surface area contributed by atoms with E-state index in [0.29, 0.717) is 11.0 Å². The van der Waals surface area contributed by atoms with Crippen molar-refractivity contribution >= 4 is 50.2 Å². The maximum Gasteiger partial charge on any atom is 0.505 e. The van der Waals surface area contributed by atoms with Crippen LogP contribution in [-0.2, 0) is 14.8 Å². The van der Waals surface area contributed by atoms with Gasteiger partial charge in [-0.25, -0.2) is 18.4 Å². The molecule has 138 valence electrons. The summed E-state index contributed by atoms with van der Waals surface area (Å²) in [5.41, 5.74) is 0.955. The number of carbonyl (C=O) groups is 1. The van der Waals surface area contributed by atoms with E-state index in [0.717, 1.165) is 5.69 Å². The van der Waals surface area contributed by atoms with E-state index in [9.17, 15) is 13.2 Å². The highest BCUT2D eigenvalue weighted by Gasteiger charge is 2.09. The molecule has 10 heteroatoms. The van der Waals surface area contributed by atoms with Crippen LogP contribution in [0.3, 0.4) is 0 Å². The van der Waals surface area contributed by atoms with Crippen molar-refractivity contribution in [1.29, 1.82) is 0 Å². The molecule has 0 heterocycles. The zero-order valence-electron chi connectivity index (χ0n) is 13.0. The second-order valence-electron chi connectivity index (χ2n) is 4.38. The van der Waals surface area contributed by atoms with E-state index >= 15 is 0 Å². The first-order valence-corrected chi connectivity index (χ1v) is 9.06. The van der Waals surface area contributed by atoms with Crippen LogP contribution < -0.4 is 10.5 Å². The van der Waals surface area contributed by atoms with Crippen LogP contribution >= 0.6 is 28.3 Å². The number of benzene rings is 2. The number of sulfonamides is 1. The summed E-state index contributed by atoms with van der Waals surface area (Å²) in [6.07, 6.45) is -1.24. The molecule has 0 atom stereocenters. The lowest BCUT2D eigenvalue weighted by Crippen LogP contribution is -2.12. The summed E-state index contributed by atoms with van der Waals surface area (Å²) in [6.45, 7) is 0.639. The summed E-state index contributed by atoms with van der Waals surface area (Å²) in [7, 11) is -3.58. The minimum Gasteiger partial charge on any atom is -0.450 e. The average molecular weight is 454 g/mol. The first-order valence-electron chi connectivity index (χ1n) is 6.72. The molecule has 25 heavy (non-hydrogen) atoms. The highest BCUT2D eigenvalue weighted by atomic mass is 79.9. The molecule has 0 aliphatic rings. The Morgan fingerprint density at radius 2 is 1.68 bits per heavy atom. The molecular weight excluding hydrogens is 436 g/mol. The monoisotopic (exact) mass is 452 g/mol. The number of nitrogens with two attached hydrogens (primary N) is 1. The van der Waals surface area contributed by atoms with E-state index in [1.165, 1.54) is 6.07 Å². The largest absolute Gasteiger partial charge is 0.505 e. The summed E-state index contributed by atoms with van der Waals surface area (Å²) < 4.78 is 26.4. The third-order valence-electron chi connectivity index (χ3n) is 2.57. The lowest BCUT2D eigenvalue weighted by atomic mass is 10.3. The first kappa shape index (κ1) is 23.2. The molecule has 0 bridgehead atoms. The predicted molar refractivity (Wildman–Crippen MR) is 102 cm³/mol. The van der Waals surface area contributed by atoms with Crippen LogP contribution in [0, 0.1) is 0 Å². The van der Waals surface area contributed by atoms with Gasteiger partial charge in [-0.15, -0.1) is 12.4 Å². The number of carboxylic acid groups (broad SMARTS) is 1. The molecule has 2 aromatic rings. The van der Waals surface area contributed by atoms with Gasteiger partial charge < -0.3 is 15.2 Å². The Kier molecular flexibility index (Phi) is 10.8. The van der Waals surface area contributed by atoms with Crippen LogP contribution in [0.5, 0.6) is 0 Å². The fourth-order valence-corrected chi connectivity index (χ4v) is 3.13. The number of ether oxygens (including phenoxy) is 1. The van der Waals surface area contributed by atoms with Crippen LogP contribution in [0.1, 0.15) is 0 Å². The van der Waals surface area contributed by atoms with Crippen LogP contribution in [0.25, 0.3) is 0 Å². The second kappa shape index (κ2) is 11.7. The van der Waals surface area contributed by atoms with Crippen molar-refractivity contribution in [3.05, 3.63) is 59.1 Å². The van der Waals surface area contributed by atoms with Crippen molar-refractivity contribution in [3.8, 4) is 0 Å². The van der Waals surface area contributed by atoms with E-state index in [-0.39, 0.29) is 23.9 Å². The molecule has 2 rings (SSSR count). The Morgan fingerprint density at radius 1 is 1.12 bits per heavy atom. The molecule has 0 saturated carbocycles. The zero-order valence-corrected chi connectivity index (χ0v) is 16.2. The van der Waals surface area contributed by atoms with Gasteiger partial charge in [0.15, 0.2) is 0 Å². The van der Waals surface area contributed by atoms with Crippen molar-refractivity contribution in [2.75, 3.05) is 18.5 Å². The number of primary sulfonamides is 1. The van der Waals surface area contributed by atoms with Gasteiger partial charge in [0.2, 0.25) is 10.0 Å². The highest BCUT2D eigenvalue weighted by Crippen LogP contribution is 2.19. The Labute approximate surface area is 160 Å². The number of nitrogens with one attached hydrogen (secondary N) is 1. The minimum atomic E-state index is -3.58. The molecule has 0 radical (unpaired) electrons. The van der Waals surface area contributed by atoms with Gasteiger partial charge in [0, 0.05) is 16.7 Å². The lowest BCUT2D eigenvalue weighted by Gasteiger charge is -2.04. The van der Waals surface area contributed by atoms with Crippen molar-refractivity contribution in [3.63, 3.8) is 0 Å². The minimum absolute atomic E-state index is 0. The van der Waals surface area contributed by atoms with Crippen LogP contribution in [0.2, 0.25) is 0 Å². The molecule has 0 amide bonds. The Balaban J connectivity index is 0.000000449. The van der Waals surface area contributed by atoms with Crippen LogP contribution in [0.15, 0.2) is 64.0 Å². The van der Waals surface area contributed by atoms with E-state index in [2.05, 4.69) is 26.0 Å². The molecule has 4 N–H and O–H groups in total. The number of anilines is 1. The van der Waals surface area contributed by atoms with Gasteiger partial charge in [0.1, 0.15) is 6.61 Å². The number of rotatable bonds is 5. The van der Waals surface area contributed by atoms with Crippen molar-refractivity contribution < 1.29 is 23.1 Å². The second-order valence-corrected chi connectivity index (χ2v) is 6.77. The molecule has 0 fully saturated rings. The number of hydrogen-bond acceptors (Lipinski definition) is 5. The highest BCUT2D eigenvalue weighted by molar-refractivity contribution is 9.10. The van der Waals surface area contributed by atoms with Crippen LogP contribution in [0.4, 0.5) is 10.5 Å². The standard InChI is InChI=1S/C9H11NO3.C6H6BrNO2S.ClH/c11-9(12)13-7-6-10-8-4-2-1-3-5-8;7-5-3-1-2-4-6(5)11(8,9)10;/h1-5,10H,6-7H2,(H,11,12);1-4H,(H2,8,9,10);1H. The van der Waals surface area contributed by atoms with Gasteiger partial charge >= 0.3 is 6.16 Å². The fourth-order valence-electron chi connectivity index (χ4n) is 1.57. The van der Waals surface area contributed by atoms with E-state index in [4.69, 9.17) is 10.2 Å². The fraction of sp³-hybridized carbons (Fsp3) is 0.133. The SMILES string of the molecule is Cl.NS(=O)(=O)c1ccccc1Br.O=C(O)OCCNc1ccccc1. The van der Waals surface area contributed by atoms with E-state index < -0.39 is 16.2 Å². The van der Waals surface area contributed by atoms with Gasteiger partial charge in [-0.05, 0) is 40.2 Å². The lowest BCUT2D eigenvalue weighted by molar-refractivity contribution is 0.0953. The smallest absolute Gasteiger partial charge is 0.450 e. The summed E-state index contributed by atoms with van der Waals surface area (Å²) in [4.78, 5) is 10.1. The number of halogens is 2. The maximum atomic E-state index is 10.8. The molecule has 0 aliphatic carbocycles. The summed E-state index contributed by atoms with van der Waals surface area (Å²) in [5.74, 6) is 0. The van der Waals surface area contributed by atoms with Gasteiger partial charge in [-0.3, -0.25) is 0 Å². The average Bonchev–Trinajstić information content (AvgIpc) is 2.52. The molecule has 0 aliphatic heterocycles. The van der Waals surface area contributed by atoms with Gasteiger partial charge in [-0.1, -0.05) is 30.3 Å². The third-order valence-corrected chi connectivity index (χ3v) is 4.50. The van der Waals surface area contributed by atoms with Gasteiger partial charge in [0.05, 0.1) is 4.90 Å². The molecule has 0 unspecified atom stereocenters. The van der Waals surface area contributed by atoms with Gasteiger partial charge in [-0.2, -0.15) is 0 Å². The molecule has 7 nitrogen and oxygen atoms in total. The number of hydrogen-bond donors (Lipinski definition) is 3. The van der Waals surface area contributed by atoms with Crippen molar-refractivity contribution in [2.24, 2.45) is 5.14 Å². The van der Waals surface area contributed by atoms with E-state index in [1.807, 2.05) is 30.3 Å². The Hall–Kier alpha value is -1.81. The summed E-state index contributed by atoms with van der Waals surface area (Å²) >= 11 is 3.07. The third kappa shape index (κ3) is 9.92. The van der Waals surface area contributed by atoms with Crippen LogP contribution in [-0.4, -0.2) is 32.8 Å². The topological polar surface area (TPSA) is 119 Å². The first-order chi connectivity index (χ1) is 11.3. The number of para-hydroxylation sites is 1. The maximum absolute atomic E-state index is 10.8. The predicted octanol–water partition coefficient (Wildman–Crippen LogP) is 3.31. The Morgan fingerprint density at radius 3 is 2.16 bits per heavy atom. The van der Waals surface area contributed by atoms with Gasteiger partial charge in [0.25, 0.3) is 0 Å². The quantitative estimate of drug-likeness (QED) is 0.472. The van der Waals surface area contributed by atoms with Crippen molar-refractivity contribution in [2.45, 2.75) is 4.90 Å². The molecule has 0 saturated heterocycles. The zero-order chi connectivity index (χ0) is 18.0. The van der Waals surface area contributed by atoms with Crippen molar-refractivity contribution in [1.82, 2.24) is 0 Å². The molecule has 0 aromatic heterocycles. The summed E-state index contributed by atoms with van der Waals surface area (Å²) in [5, 5.41) is 16.1. The molecular formula is C15H18BrClN2O5S. The summed E-state index contributed by atoms with van der Waals surface area (Å²) in [6, 6.07) is 15.9. The Bertz CT molecular complexity index is 760. The molecule has 2 aromatic carbocycles. The normalized spacial score (nSPS) is 9.84. The molecule has 0 spiro atoms. The van der Waals surface area contributed by atoms with E-state index in [1.54, 1.807) is 18.2 Å².